The molecule has 2 rings (SSSR count). The molecule has 0 amide bonds. The summed E-state index contributed by atoms with van der Waals surface area (Å²) in [6.07, 6.45) is 0. The smallest absolute Gasteiger partial charge is 0.338 e. The molecule has 0 unspecified atom stereocenters. The van der Waals surface area contributed by atoms with Crippen LogP contribution in [-0.4, -0.2) is 40.1 Å². The zero-order valence-electron chi connectivity index (χ0n) is 13.2. The molecule has 130 valence electrons. The highest BCUT2D eigenvalue weighted by Gasteiger charge is 2.10. The number of aromatic nitrogens is 3. The Morgan fingerprint density at radius 2 is 1.56 bits per heavy atom. The number of rotatable bonds is 6. The van der Waals surface area contributed by atoms with Gasteiger partial charge in [-0.1, -0.05) is 18.7 Å². The van der Waals surface area contributed by atoms with Gasteiger partial charge in [0.15, 0.2) is 5.82 Å². The maximum atomic E-state index is 11.9. The molecule has 9 heteroatoms. The standard InChI is InChI=1S/C16H13Cl2N3O4/c1-9(2)13(22)24-7-8-25-14(23)11-5-3-10(4-6-11)12-19-15(17)21-16(18)20-12/h3-6H,1,7-8H2,2H3. The van der Waals surface area contributed by atoms with Gasteiger partial charge in [-0.25, -0.2) is 9.59 Å². The van der Waals surface area contributed by atoms with Gasteiger partial charge in [-0.2, -0.15) is 15.0 Å². The van der Waals surface area contributed by atoms with Crippen LogP contribution >= 0.6 is 23.2 Å². The van der Waals surface area contributed by atoms with Crippen molar-refractivity contribution in [1.29, 1.82) is 0 Å². The maximum absolute atomic E-state index is 11.9. The molecule has 0 aliphatic carbocycles. The summed E-state index contributed by atoms with van der Waals surface area (Å²) in [5, 5.41) is -0.0504. The quantitative estimate of drug-likeness (QED) is 0.431. The van der Waals surface area contributed by atoms with Crippen LogP contribution in [0, 0.1) is 0 Å². The number of carbonyl (C=O) groups is 2. The van der Waals surface area contributed by atoms with Gasteiger partial charge in [-0.3, -0.25) is 0 Å². The van der Waals surface area contributed by atoms with Crippen molar-refractivity contribution in [3.63, 3.8) is 0 Å². The lowest BCUT2D eigenvalue weighted by atomic mass is 10.1. The van der Waals surface area contributed by atoms with E-state index in [2.05, 4.69) is 21.5 Å². The summed E-state index contributed by atoms with van der Waals surface area (Å²) in [5.41, 5.74) is 1.21. The molecule has 0 N–H and O–H groups in total. The molecule has 0 saturated heterocycles. The molecule has 7 nitrogen and oxygen atoms in total. The Labute approximate surface area is 153 Å². The molecular weight excluding hydrogens is 369 g/mol. The van der Waals surface area contributed by atoms with Gasteiger partial charge < -0.3 is 9.47 Å². The number of carbonyl (C=O) groups excluding carboxylic acids is 2. The zero-order chi connectivity index (χ0) is 18.4. The molecule has 0 saturated carbocycles. The molecule has 0 fully saturated rings. The van der Waals surface area contributed by atoms with Crippen molar-refractivity contribution >= 4 is 35.1 Å². The molecule has 0 atom stereocenters. The summed E-state index contributed by atoms with van der Waals surface area (Å²) in [5.74, 6) is -0.795. The van der Waals surface area contributed by atoms with Crippen LogP contribution in [0.2, 0.25) is 10.6 Å². The Hall–Kier alpha value is -2.51. The molecule has 0 spiro atoms. The van der Waals surface area contributed by atoms with Crippen LogP contribution < -0.4 is 0 Å². The van der Waals surface area contributed by atoms with Crippen molar-refractivity contribution in [3.8, 4) is 11.4 Å². The minimum atomic E-state index is -0.551. The largest absolute Gasteiger partial charge is 0.459 e. The molecule has 1 aromatic heterocycles. The lowest BCUT2D eigenvalue weighted by Crippen LogP contribution is -2.14. The second-order valence-electron chi connectivity index (χ2n) is 4.83. The number of esters is 2. The molecular formula is C16H13Cl2N3O4. The van der Waals surface area contributed by atoms with E-state index >= 15 is 0 Å². The molecule has 25 heavy (non-hydrogen) atoms. The highest BCUT2D eigenvalue weighted by molar-refractivity contribution is 6.31. The first-order valence-corrected chi connectivity index (χ1v) is 7.79. The van der Waals surface area contributed by atoms with E-state index in [1.165, 1.54) is 6.92 Å². The first kappa shape index (κ1) is 18.8. The normalized spacial score (nSPS) is 10.2. The summed E-state index contributed by atoms with van der Waals surface area (Å²) in [6, 6.07) is 6.34. The van der Waals surface area contributed by atoms with Crippen molar-refractivity contribution in [2.24, 2.45) is 0 Å². The highest BCUT2D eigenvalue weighted by Crippen LogP contribution is 2.19. The fraction of sp³-hybridized carbons (Fsp3) is 0.188. The lowest BCUT2D eigenvalue weighted by Gasteiger charge is -2.07. The molecule has 1 heterocycles. The van der Waals surface area contributed by atoms with Crippen molar-refractivity contribution in [3.05, 3.63) is 52.5 Å². The van der Waals surface area contributed by atoms with Gasteiger partial charge in [0.25, 0.3) is 0 Å². The van der Waals surface area contributed by atoms with E-state index in [0.717, 1.165) is 0 Å². The van der Waals surface area contributed by atoms with E-state index in [-0.39, 0.29) is 35.2 Å². The first-order chi connectivity index (χ1) is 11.9. The van der Waals surface area contributed by atoms with Crippen LogP contribution in [0.4, 0.5) is 0 Å². The van der Waals surface area contributed by atoms with E-state index in [4.69, 9.17) is 32.7 Å². The van der Waals surface area contributed by atoms with Crippen LogP contribution in [0.3, 0.4) is 0 Å². The van der Waals surface area contributed by atoms with Gasteiger partial charge in [0.2, 0.25) is 10.6 Å². The van der Waals surface area contributed by atoms with E-state index < -0.39 is 11.9 Å². The summed E-state index contributed by atoms with van der Waals surface area (Å²) in [6.45, 7) is 4.88. The summed E-state index contributed by atoms with van der Waals surface area (Å²) in [7, 11) is 0. The van der Waals surface area contributed by atoms with Crippen molar-refractivity contribution in [1.82, 2.24) is 15.0 Å². The van der Waals surface area contributed by atoms with Gasteiger partial charge in [0, 0.05) is 11.1 Å². The third-order valence-corrected chi connectivity index (χ3v) is 3.20. The summed E-state index contributed by atoms with van der Waals surface area (Å²) >= 11 is 11.5. The van der Waals surface area contributed by atoms with Crippen molar-refractivity contribution in [2.75, 3.05) is 13.2 Å². The Balaban J connectivity index is 1.94. The van der Waals surface area contributed by atoms with E-state index in [1.54, 1.807) is 24.3 Å². The molecule has 0 aliphatic rings. The fourth-order valence-corrected chi connectivity index (χ4v) is 2.05. The molecule has 2 aromatic rings. The van der Waals surface area contributed by atoms with Crippen LogP contribution in [-0.2, 0) is 14.3 Å². The van der Waals surface area contributed by atoms with Gasteiger partial charge >= 0.3 is 11.9 Å². The molecule has 0 aliphatic heterocycles. The predicted octanol–water partition coefficient (Wildman–Crippen LogP) is 3.12. The van der Waals surface area contributed by atoms with Crippen LogP contribution in [0.25, 0.3) is 11.4 Å². The molecule has 0 bridgehead atoms. The average Bonchev–Trinajstić information content (AvgIpc) is 2.57. The molecule has 0 radical (unpaired) electrons. The first-order valence-electron chi connectivity index (χ1n) is 7.04. The number of halogens is 2. The Kier molecular flexibility index (Phi) is 6.44. The predicted molar refractivity (Wildman–Crippen MR) is 91.3 cm³/mol. The Morgan fingerprint density at radius 3 is 2.12 bits per heavy atom. The molecule has 1 aromatic carbocycles. The second-order valence-corrected chi connectivity index (χ2v) is 5.50. The summed E-state index contributed by atoms with van der Waals surface area (Å²) < 4.78 is 9.84. The lowest BCUT2D eigenvalue weighted by molar-refractivity contribution is -0.140. The van der Waals surface area contributed by atoms with Crippen LogP contribution in [0.5, 0.6) is 0 Å². The SMILES string of the molecule is C=C(C)C(=O)OCCOC(=O)c1ccc(-c2nc(Cl)nc(Cl)n2)cc1. The monoisotopic (exact) mass is 381 g/mol. The third kappa shape index (κ3) is 5.51. The maximum Gasteiger partial charge on any atom is 0.338 e. The Bertz CT molecular complexity index is 789. The number of ether oxygens (including phenoxy) is 2. The third-order valence-electron chi connectivity index (χ3n) is 2.86. The number of hydrogen-bond donors (Lipinski definition) is 0. The van der Waals surface area contributed by atoms with E-state index in [0.29, 0.717) is 11.1 Å². The Morgan fingerprint density at radius 1 is 1.00 bits per heavy atom. The zero-order valence-corrected chi connectivity index (χ0v) is 14.7. The van der Waals surface area contributed by atoms with Gasteiger partial charge in [0.05, 0.1) is 5.56 Å². The van der Waals surface area contributed by atoms with Crippen LogP contribution in [0.15, 0.2) is 36.4 Å². The number of nitrogens with zero attached hydrogens (tertiary/aromatic N) is 3. The minimum Gasteiger partial charge on any atom is -0.459 e. The van der Waals surface area contributed by atoms with Crippen molar-refractivity contribution < 1.29 is 19.1 Å². The van der Waals surface area contributed by atoms with Crippen molar-refractivity contribution in [2.45, 2.75) is 6.92 Å². The number of hydrogen-bond acceptors (Lipinski definition) is 7. The van der Waals surface area contributed by atoms with Gasteiger partial charge in [-0.15, -0.1) is 0 Å². The minimum absolute atomic E-state index is 0.0252. The number of benzene rings is 1. The van der Waals surface area contributed by atoms with Crippen LogP contribution in [0.1, 0.15) is 17.3 Å². The highest BCUT2D eigenvalue weighted by atomic mass is 35.5. The van der Waals surface area contributed by atoms with Gasteiger partial charge in [-0.05, 0) is 42.3 Å². The second kappa shape index (κ2) is 8.55. The summed E-state index contributed by atoms with van der Waals surface area (Å²) in [4.78, 5) is 34.7. The van der Waals surface area contributed by atoms with Gasteiger partial charge in [0.1, 0.15) is 13.2 Å². The fourth-order valence-electron chi connectivity index (χ4n) is 1.69. The average molecular weight is 382 g/mol. The topological polar surface area (TPSA) is 91.3 Å². The van der Waals surface area contributed by atoms with E-state index in [9.17, 15) is 9.59 Å². The van der Waals surface area contributed by atoms with E-state index in [1.807, 2.05) is 0 Å².